The van der Waals surface area contributed by atoms with Gasteiger partial charge in [0.1, 0.15) is 11.8 Å². The molecule has 2 aromatic heterocycles. The second-order valence-corrected chi connectivity index (χ2v) is 4.80. The maximum atomic E-state index is 8.67. The van der Waals surface area contributed by atoms with Gasteiger partial charge in [-0.15, -0.1) is 11.3 Å². The number of nitrogens with zero attached hydrogens (tertiary/aromatic N) is 3. The Hall–Kier alpha value is -1.86. The summed E-state index contributed by atoms with van der Waals surface area (Å²) in [5, 5.41) is 10.8. The van der Waals surface area contributed by atoms with Crippen molar-refractivity contribution < 1.29 is 0 Å². The number of aromatic nitrogens is 1. The molecule has 2 aromatic rings. The van der Waals surface area contributed by atoms with Gasteiger partial charge in [0.2, 0.25) is 0 Å². The molecule has 0 amide bonds. The molecule has 0 bridgehead atoms. The average molecular weight is 243 g/mol. The molecule has 0 unspecified atom stereocenters. The summed E-state index contributed by atoms with van der Waals surface area (Å²) >= 11 is 1.78. The highest BCUT2D eigenvalue weighted by Gasteiger charge is 2.02. The van der Waals surface area contributed by atoms with Crippen molar-refractivity contribution >= 4 is 17.0 Å². The zero-order valence-electron chi connectivity index (χ0n) is 9.63. The Morgan fingerprint density at radius 1 is 1.41 bits per heavy atom. The van der Waals surface area contributed by atoms with Gasteiger partial charge in [-0.1, -0.05) is 6.07 Å². The summed E-state index contributed by atoms with van der Waals surface area (Å²) in [5.74, 6) is 0. The van der Waals surface area contributed by atoms with E-state index in [1.54, 1.807) is 23.6 Å². The lowest BCUT2D eigenvalue weighted by molar-refractivity contribution is 0.883. The highest BCUT2D eigenvalue weighted by molar-refractivity contribution is 7.09. The van der Waals surface area contributed by atoms with Crippen LogP contribution in [0.25, 0.3) is 0 Å². The van der Waals surface area contributed by atoms with Gasteiger partial charge in [-0.25, -0.2) is 4.98 Å². The van der Waals surface area contributed by atoms with E-state index in [1.807, 2.05) is 19.2 Å². The summed E-state index contributed by atoms with van der Waals surface area (Å²) in [6.07, 6.45) is 2.78. The van der Waals surface area contributed by atoms with Crippen LogP contribution in [0.5, 0.6) is 0 Å². The maximum absolute atomic E-state index is 8.67. The Labute approximate surface area is 105 Å². The van der Waals surface area contributed by atoms with Crippen LogP contribution in [-0.4, -0.2) is 18.6 Å². The highest BCUT2D eigenvalue weighted by atomic mass is 32.1. The van der Waals surface area contributed by atoms with E-state index in [0.717, 1.165) is 18.7 Å². The molecule has 0 saturated carbocycles. The molecule has 0 saturated heterocycles. The van der Waals surface area contributed by atoms with Gasteiger partial charge in [-0.2, -0.15) is 5.26 Å². The van der Waals surface area contributed by atoms with Gasteiger partial charge in [-0.05, 0) is 30.0 Å². The molecule has 0 atom stereocenters. The van der Waals surface area contributed by atoms with Gasteiger partial charge < -0.3 is 4.90 Å². The van der Waals surface area contributed by atoms with Crippen molar-refractivity contribution in [3.8, 4) is 6.07 Å². The second kappa shape index (κ2) is 5.46. The predicted octanol–water partition coefficient (Wildman–Crippen LogP) is 2.69. The van der Waals surface area contributed by atoms with Crippen LogP contribution >= 0.6 is 11.3 Å². The van der Waals surface area contributed by atoms with Gasteiger partial charge in [-0.3, -0.25) is 0 Å². The Kier molecular flexibility index (Phi) is 3.73. The van der Waals surface area contributed by atoms with Crippen LogP contribution in [0.3, 0.4) is 0 Å². The molecule has 4 heteroatoms. The molecule has 2 rings (SSSR count). The smallest absolute Gasteiger partial charge is 0.140 e. The number of anilines is 1. The molecule has 0 aliphatic carbocycles. The first-order valence-electron chi connectivity index (χ1n) is 5.39. The maximum Gasteiger partial charge on any atom is 0.140 e. The van der Waals surface area contributed by atoms with E-state index in [4.69, 9.17) is 5.26 Å². The SMILES string of the molecule is CN(CCc1cccs1)c1ccc(C#N)nc1. The molecule has 3 nitrogen and oxygen atoms in total. The summed E-state index contributed by atoms with van der Waals surface area (Å²) in [4.78, 5) is 7.60. The first-order chi connectivity index (χ1) is 8.29. The quantitative estimate of drug-likeness (QED) is 0.829. The Balaban J connectivity index is 1.95. The van der Waals surface area contributed by atoms with Crippen molar-refractivity contribution in [2.75, 3.05) is 18.5 Å². The van der Waals surface area contributed by atoms with Crippen LogP contribution in [-0.2, 0) is 6.42 Å². The summed E-state index contributed by atoms with van der Waals surface area (Å²) in [5.41, 5.74) is 1.50. The zero-order chi connectivity index (χ0) is 12.1. The monoisotopic (exact) mass is 243 g/mol. The molecule has 0 N–H and O–H groups in total. The minimum Gasteiger partial charge on any atom is -0.373 e. The van der Waals surface area contributed by atoms with Crippen LogP contribution in [0, 0.1) is 11.3 Å². The van der Waals surface area contributed by atoms with Crippen LogP contribution < -0.4 is 4.90 Å². The molecular formula is C13H13N3S. The average Bonchev–Trinajstić information content (AvgIpc) is 2.89. The van der Waals surface area contributed by atoms with Gasteiger partial charge in [0.05, 0.1) is 11.9 Å². The lowest BCUT2D eigenvalue weighted by atomic mass is 10.3. The van der Waals surface area contributed by atoms with Crippen molar-refractivity contribution in [1.29, 1.82) is 5.26 Å². The molecule has 17 heavy (non-hydrogen) atoms. The van der Waals surface area contributed by atoms with E-state index in [2.05, 4.69) is 27.4 Å². The Morgan fingerprint density at radius 3 is 2.88 bits per heavy atom. The fraction of sp³-hybridized carbons (Fsp3) is 0.231. The predicted molar refractivity (Wildman–Crippen MR) is 70.2 cm³/mol. The minimum atomic E-state index is 0.459. The second-order valence-electron chi connectivity index (χ2n) is 3.76. The number of likely N-dealkylation sites (N-methyl/N-ethyl adjacent to an activating group) is 1. The Morgan fingerprint density at radius 2 is 2.29 bits per heavy atom. The van der Waals surface area contributed by atoms with Gasteiger partial charge in [0.25, 0.3) is 0 Å². The number of rotatable bonds is 4. The molecule has 0 radical (unpaired) electrons. The van der Waals surface area contributed by atoms with Crippen molar-refractivity contribution in [3.63, 3.8) is 0 Å². The first kappa shape index (κ1) is 11.6. The first-order valence-corrected chi connectivity index (χ1v) is 6.27. The van der Waals surface area contributed by atoms with E-state index in [1.165, 1.54) is 4.88 Å². The fourth-order valence-corrected chi connectivity index (χ4v) is 2.24. The third-order valence-corrected chi connectivity index (χ3v) is 3.51. The van der Waals surface area contributed by atoms with E-state index in [-0.39, 0.29) is 0 Å². The largest absolute Gasteiger partial charge is 0.373 e. The molecular weight excluding hydrogens is 230 g/mol. The standard InChI is InChI=1S/C13H13N3S/c1-16(7-6-13-3-2-8-17-13)12-5-4-11(9-14)15-10-12/h2-5,8,10H,6-7H2,1H3. The number of nitriles is 1. The molecule has 0 aromatic carbocycles. The summed E-state index contributed by atoms with van der Waals surface area (Å²) in [6, 6.07) is 9.92. The van der Waals surface area contributed by atoms with Crippen LogP contribution in [0.1, 0.15) is 10.6 Å². The molecule has 0 fully saturated rings. The number of thiophene rings is 1. The summed E-state index contributed by atoms with van der Waals surface area (Å²) in [7, 11) is 2.04. The topological polar surface area (TPSA) is 39.9 Å². The van der Waals surface area contributed by atoms with E-state index < -0.39 is 0 Å². The van der Waals surface area contributed by atoms with Crippen molar-refractivity contribution in [2.24, 2.45) is 0 Å². The lowest BCUT2D eigenvalue weighted by Crippen LogP contribution is -2.20. The highest BCUT2D eigenvalue weighted by Crippen LogP contribution is 2.14. The van der Waals surface area contributed by atoms with Crippen molar-refractivity contribution in [1.82, 2.24) is 4.98 Å². The van der Waals surface area contributed by atoms with Gasteiger partial charge in [0.15, 0.2) is 0 Å². The minimum absolute atomic E-state index is 0.459. The van der Waals surface area contributed by atoms with Gasteiger partial charge >= 0.3 is 0 Å². The molecule has 86 valence electrons. The molecule has 0 aliphatic rings. The van der Waals surface area contributed by atoms with E-state index in [0.29, 0.717) is 5.69 Å². The van der Waals surface area contributed by atoms with Crippen molar-refractivity contribution in [2.45, 2.75) is 6.42 Å². The molecule has 2 heterocycles. The summed E-state index contributed by atoms with van der Waals surface area (Å²) < 4.78 is 0. The lowest BCUT2D eigenvalue weighted by Gasteiger charge is -2.18. The van der Waals surface area contributed by atoms with Crippen molar-refractivity contribution in [3.05, 3.63) is 46.4 Å². The van der Waals surface area contributed by atoms with Crippen LogP contribution in [0.15, 0.2) is 35.8 Å². The van der Waals surface area contributed by atoms with Crippen LogP contribution in [0.4, 0.5) is 5.69 Å². The summed E-state index contributed by atoms with van der Waals surface area (Å²) in [6.45, 7) is 0.952. The third kappa shape index (κ3) is 3.05. The third-order valence-electron chi connectivity index (χ3n) is 2.58. The fourth-order valence-electron chi connectivity index (χ4n) is 1.54. The van der Waals surface area contributed by atoms with Gasteiger partial charge in [0, 0.05) is 18.5 Å². The number of hydrogen-bond acceptors (Lipinski definition) is 4. The molecule has 0 spiro atoms. The number of hydrogen-bond donors (Lipinski definition) is 0. The zero-order valence-corrected chi connectivity index (χ0v) is 10.4. The molecule has 0 aliphatic heterocycles. The van der Waals surface area contributed by atoms with E-state index >= 15 is 0 Å². The normalized spacial score (nSPS) is 9.88. The van der Waals surface area contributed by atoms with E-state index in [9.17, 15) is 0 Å². The number of pyridine rings is 1. The Bertz CT molecular complexity index is 496. The van der Waals surface area contributed by atoms with Crippen LogP contribution in [0.2, 0.25) is 0 Å².